The molecular formula is C16H23ClF2N2. The Morgan fingerprint density at radius 1 is 1.10 bits per heavy atom. The summed E-state index contributed by atoms with van der Waals surface area (Å²) in [6, 6.07) is 3.92. The van der Waals surface area contributed by atoms with E-state index in [-0.39, 0.29) is 30.1 Å². The fraction of sp³-hybridized carbons (Fsp3) is 0.625. The van der Waals surface area contributed by atoms with Gasteiger partial charge in [0.15, 0.2) is 0 Å². The molecule has 1 saturated carbocycles. The van der Waals surface area contributed by atoms with Gasteiger partial charge in [-0.1, -0.05) is 12.8 Å². The van der Waals surface area contributed by atoms with E-state index >= 15 is 0 Å². The number of hydrogen-bond donors (Lipinski definition) is 1. The summed E-state index contributed by atoms with van der Waals surface area (Å²) in [6.45, 7) is 3.69. The SMILES string of the molecule is Cl.Fc1ccc(F)c([C@H](C2CCCC2)N2CCNCC2)c1. The van der Waals surface area contributed by atoms with Gasteiger partial charge >= 0.3 is 0 Å². The third-order valence-electron chi connectivity index (χ3n) is 4.67. The van der Waals surface area contributed by atoms with Crippen LogP contribution in [0.3, 0.4) is 0 Å². The summed E-state index contributed by atoms with van der Waals surface area (Å²) in [4.78, 5) is 2.34. The molecule has 0 aromatic heterocycles. The summed E-state index contributed by atoms with van der Waals surface area (Å²) in [5, 5.41) is 3.33. The standard InChI is InChI=1S/C16H22F2N2.ClH/c17-13-5-6-15(18)14(11-13)16(12-3-1-2-4-12)20-9-7-19-8-10-20;/h5-6,11-12,16,19H,1-4,7-10H2;1H/t16-;/m0./s1. The number of nitrogens with zero attached hydrogens (tertiary/aromatic N) is 1. The Bertz CT molecular complexity index is 458. The van der Waals surface area contributed by atoms with Crippen LogP contribution in [0, 0.1) is 17.6 Å². The molecule has 1 heterocycles. The van der Waals surface area contributed by atoms with Crippen molar-refractivity contribution in [3.8, 4) is 0 Å². The van der Waals surface area contributed by atoms with E-state index in [0.717, 1.165) is 39.0 Å². The summed E-state index contributed by atoms with van der Waals surface area (Å²) < 4.78 is 27.8. The Balaban J connectivity index is 0.00000161. The maximum absolute atomic E-state index is 14.2. The Morgan fingerprint density at radius 3 is 2.43 bits per heavy atom. The first-order chi connectivity index (χ1) is 9.75. The van der Waals surface area contributed by atoms with Crippen molar-refractivity contribution in [1.29, 1.82) is 0 Å². The van der Waals surface area contributed by atoms with Crippen LogP contribution in [0.1, 0.15) is 37.3 Å². The number of halogens is 3. The van der Waals surface area contributed by atoms with E-state index in [1.165, 1.54) is 31.0 Å². The zero-order chi connectivity index (χ0) is 13.9. The number of hydrogen-bond acceptors (Lipinski definition) is 2. The lowest BCUT2D eigenvalue weighted by Crippen LogP contribution is -2.47. The Kier molecular flexibility index (Phi) is 5.97. The van der Waals surface area contributed by atoms with Crippen molar-refractivity contribution in [2.75, 3.05) is 26.2 Å². The van der Waals surface area contributed by atoms with Crippen LogP contribution in [0.15, 0.2) is 18.2 Å². The number of nitrogens with one attached hydrogen (secondary N) is 1. The number of rotatable bonds is 3. The van der Waals surface area contributed by atoms with Gasteiger partial charge in [-0.15, -0.1) is 12.4 Å². The minimum Gasteiger partial charge on any atom is -0.314 e. The molecule has 1 aliphatic carbocycles. The highest BCUT2D eigenvalue weighted by Gasteiger charge is 2.33. The fourth-order valence-corrected chi connectivity index (χ4v) is 3.72. The summed E-state index contributed by atoms with van der Waals surface area (Å²) in [5.41, 5.74) is 0.554. The molecule has 1 atom stereocenters. The largest absolute Gasteiger partial charge is 0.314 e. The zero-order valence-corrected chi connectivity index (χ0v) is 13.0. The Hall–Kier alpha value is -0.710. The molecule has 1 aliphatic heterocycles. The van der Waals surface area contributed by atoms with E-state index in [1.54, 1.807) is 0 Å². The van der Waals surface area contributed by atoms with Gasteiger partial charge in [0, 0.05) is 37.8 Å². The predicted molar refractivity (Wildman–Crippen MR) is 82.7 cm³/mol. The maximum Gasteiger partial charge on any atom is 0.128 e. The molecule has 2 fully saturated rings. The van der Waals surface area contributed by atoms with Crippen LogP contribution in [0.25, 0.3) is 0 Å². The van der Waals surface area contributed by atoms with E-state index in [0.29, 0.717) is 11.5 Å². The minimum atomic E-state index is -0.334. The average molecular weight is 317 g/mol. The Labute approximate surface area is 131 Å². The zero-order valence-electron chi connectivity index (χ0n) is 12.2. The molecule has 1 N–H and O–H groups in total. The molecular weight excluding hydrogens is 294 g/mol. The highest BCUT2D eigenvalue weighted by Crippen LogP contribution is 2.40. The molecule has 2 nitrogen and oxygen atoms in total. The van der Waals surface area contributed by atoms with Crippen molar-refractivity contribution in [1.82, 2.24) is 10.2 Å². The van der Waals surface area contributed by atoms with Crippen molar-refractivity contribution in [2.24, 2.45) is 5.92 Å². The van der Waals surface area contributed by atoms with E-state index < -0.39 is 0 Å². The van der Waals surface area contributed by atoms with Crippen molar-refractivity contribution >= 4 is 12.4 Å². The molecule has 21 heavy (non-hydrogen) atoms. The van der Waals surface area contributed by atoms with E-state index in [9.17, 15) is 8.78 Å². The molecule has 0 unspecified atom stereocenters. The van der Waals surface area contributed by atoms with Crippen LogP contribution in [-0.2, 0) is 0 Å². The first-order valence-corrected chi connectivity index (χ1v) is 7.65. The first kappa shape index (κ1) is 16.7. The lowest BCUT2D eigenvalue weighted by molar-refractivity contribution is 0.122. The summed E-state index contributed by atoms with van der Waals surface area (Å²) in [5.74, 6) is -0.134. The smallest absolute Gasteiger partial charge is 0.128 e. The topological polar surface area (TPSA) is 15.3 Å². The normalized spacial score (nSPS) is 22.0. The molecule has 3 rings (SSSR count). The fourth-order valence-electron chi connectivity index (χ4n) is 3.72. The molecule has 0 bridgehead atoms. The van der Waals surface area contributed by atoms with Gasteiger partial charge < -0.3 is 5.32 Å². The lowest BCUT2D eigenvalue weighted by Gasteiger charge is -2.38. The van der Waals surface area contributed by atoms with Gasteiger partial charge in [-0.05, 0) is 37.0 Å². The summed E-state index contributed by atoms with van der Waals surface area (Å²) in [7, 11) is 0. The van der Waals surface area contributed by atoms with Gasteiger partial charge in [-0.3, -0.25) is 4.90 Å². The second-order valence-corrected chi connectivity index (χ2v) is 5.94. The molecule has 0 radical (unpaired) electrons. The molecule has 1 saturated heterocycles. The first-order valence-electron chi connectivity index (χ1n) is 7.65. The minimum absolute atomic E-state index is 0. The van der Waals surface area contributed by atoms with E-state index in [1.807, 2.05) is 0 Å². The van der Waals surface area contributed by atoms with Crippen LogP contribution in [0.2, 0.25) is 0 Å². The van der Waals surface area contributed by atoms with E-state index in [2.05, 4.69) is 10.2 Å². The highest BCUT2D eigenvalue weighted by molar-refractivity contribution is 5.85. The quantitative estimate of drug-likeness (QED) is 0.918. The summed E-state index contributed by atoms with van der Waals surface area (Å²) >= 11 is 0. The molecule has 118 valence electrons. The van der Waals surface area contributed by atoms with Crippen LogP contribution < -0.4 is 5.32 Å². The predicted octanol–water partition coefficient (Wildman–Crippen LogP) is 3.52. The van der Waals surface area contributed by atoms with Crippen LogP contribution in [0.5, 0.6) is 0 Å². The van der Waals surface area contributed by atoms with Gasteiger partial charge in [0.1, 0.15) is 11.6 Å². The van der Waals surface area contributed by atoms with Crippen molar-refractivity contribution in [2.45, 2.75) is 31.7 Å². The third kappa shape index (κ3) is 3.74. The second kappa shape index (κ2) is 7.52. The van der Waals surface area contributed by atoms with Crippen LogP contribution in [-0.4, -0.2) is 31.1 Å². The molecule has 2 aliphatic rings. The second-order valence-electron chi connectivity index (χ2n) is 5.94. The number of benzene rings is 1. The van der Waals surface area contributed by atoms with Crippen LogP contribution in [0.4, 0.5) is 8.78 Å². The molecule has 0 spiro atoms. The maximum atomic E-state index is 14.2. The monoisotopic (exact) mass is 316 g/mol. The Morgan fingerprint density at radius 2 is 1.76 bits per heavy atom. The molecule has 1 aromatic rings. The number of piperazine rings is 1. The van der Waals surface area contributed by atoms with Crippen molar-refractivity contribution < 1.29 is 8.78 Å². The lowest BCUT2D eigenvalue weighted by atomic mass is 9.89. The van der Waals surface area contributed by atoms with Gasteiger partial charge in [-0.2, -0.15) is 0 Å². The van der Waals surface area contributed by atoms with Gasteiger partial charge in [0.05, 0.1) is 0 Å². The van der Waals surface area contributed by atoms with Crippen molar-refractivity contribution in [3.05, 3.63) is 35.4 Å². The molecule has 0 amide bonds. The van der Waals surface area contributed by atoms with Gasteiger partial charge in [-0.25, -0.2) is 8.78 Å². The molecule has 1 aromatic carbocycles. The van der Waals surface area contributed by atoms with Crippen molar-refractivity contribution in [3.63, 3.8) is 0 Å². The van der Waals surface area contributed by atoms with Gasteiger partial charge in [0.25, 0.3) is 0 Å². The summed E-state index contributed by atoms with van der Waals surface area (Å²) in [6.07, 6.45) is 4.68. The van der Waals surface area contributed by atoms with Crippen LogP contribution >= 0.6 is 12.4 Å². The van der Waals surface area contributed by atoms with Gasteiger partial charge in [0.2, 0.25) is 0 Å². The third-order valence-corrected chi connectivity index (χ3v) is 4.67. The highest BCUT2D eigenvalue weighted by atomic mass is 35.5. The molecule has 5 heteroatoms. The van der Waals surface area contributed by atoms with E-state index in [4.69, 9.17) is 0 Å². The average Bonchev–Trinajstić information content (AvgIpc) is 2.98.